The van der Waals surface area contributed by atoms with Crippen LogP contribution in [0, 0.1) is 0 Å². The Balaban J connectivity index is 2.66. The summed E-state index contributed by atoms with van der Waals surface area (Å²) >= 11 is 5.75. The molecule has 0 aliphatic rings. The van der Waals surface area contributed by atoms with E-state index in [4.69, 9.17) is 21.8 Å². The molecular weight excluding hydrogens is 220 g/mol. The van der Waals surface area contributed by atoms with Gasteiger partial charge in [-0.2, -0.15) is 4.98 Å². The molecule has 0 saturated carbocycles. The number of aromatic nitrogens is 2. The molecule has 0 unspecified atom stereocenters. The minimum Gasteiger partial charge on any atom is -0.395 e. The van der Waals surface area contributed by atoms with Crippen molar-refractivity contribution in [3.8, 4) is 0 Å². The summed E-state index contributed by atoms with van der Waals surface area (Å²) < 4.78 is 0. The van der Waals surface area contributed by atoms with Gasteiger partial charge in [0.1, 0.15) is 11.0 Å². The maximum Gasteiger partial charge on any atom is 0.226 e. The average Bonchev–Trinajstić information content (AvgIpc) is 2.23. The molecule has 0 atom stereocenters. The fraction of sp³-hybridized carbons (Fsp3) is 0.500. The molecule has 0 spiro atoms. The van der Waals surface area contributed by atoms with Gasteiger partial charge < -0.3 is 20.8 Å². The third kappa shape index (κ3) is 4.28. The predicted molar refractivity (Wildman–Crippen MR) is 58.2 cm³/mol. The van der Waals surface area contributed by atoms with Crippen LogP contribution in [0.1, 0.15) is 0 Å². The van der Waals surface area contributed by atoms with Crippen LogP contribution >= 0.6 is 11.6 Å². The van der Waals surface area contributed by atoms with Crippen LogP contribution in [-0.2, 0) is 0 Å². The summed E-state index contributed by atoms with van der Waals surface area (Å²) in [5, 5.41) is 23.2. The van der Waals surface area contributed by atoms with E-state index in [0.717, 1.165) is 0 Å². The van der Waals surface area contributed by atoms with Crippen LogP contribution < -0.4 is 10.6 Å². The number of hydrogen-bond donors (Lipinski definition) is 4. The van der Waals surface area contributed by atoms with Crippen molar-refractivity contribution in [1.29, 1.82) is 0 Å². The Morgan fingerprint density at radius 3 is 2.47 bits per heavy atom. The number of nitrogens with zero attached hydrogens (tertiary/aromatic N) is 2. The average molecular weight is 233 g/mol. The highest BCUT2D eigenvalue weighted by Gasteiger charge is 2.01. The highest BCUT2D eigenvalue weighted by Crippen LogP contribution is 2.13. The second-order valence-corrected chi connectivity index (χ2v) is 3.09. The van der Waals surface area contributed by atoms with Gasteiger partial charge in [0.05, 0.1) is 13.2 Å². The van der Waals surface area contributed by atoms with Crippen LogP contribution in [-0.4, -0.2) is 46.5 Å². The molecule has 1 rings (SSSR count). The Morgan fingerprint density at radius 1 is 1.13 bits per heavy atom. The molecule has 0 radical (unpaired) electrons. The van der Waals surface area contributed by atoms with Gasteiger partial charge in [-0.1, -0.05) is 11.6 Å². The van der Waals surface area contributed by atoms with E-state index in [1.165, 1.54) is 0 Å². The SMILES string of the molecule is OCCNc1cc(Cl)nc(NCCO)n1. The molecule has 0 aromatic carbocycles. The van der Waals surface area contributed by atoms with Gasteiger partial charge in [0.25, 0.3) is 0 Å². The fourth-order valence-electron chi connectivity index (χ4n) is 0.939. The molecule has 1 aromatic rings. The van der Waals surface area contributed by atoms with Crippen molar-refractivity contribution in [1.82, 2.24) is 9.97 Å². The zero-order valence-electron chi connectivity index (χ0n) is 8.07. The normalized spacial score (nSPS) is 10.1. The summed E-state index contributed by atoms with van der Waals surface area (Å²) in [4.78, 5) is 7.98. The molecular formula is C8H13ClN4O2. The van der Waals surface area contributed by atoms with Crippen molar-refractivity contribution >= 4 is 23.4 Å². The van der Waals surface area contributed by atoms with Crippen LogP contribution in [0.25, 0.3) is 0 Å². The first kappa shape index (κ1) is 12.0. The molecule has 0 aliphatic heterocycles. The Kier molecular flexibility index (Phi) is 5.09. The van der Waals surface area contributed by atoms with E-state index in [1.54, 1.807) is 6.07 Å². The largest absolute Gasteiger partial charge is 0.395 e. The maximum atomic E-state index is 8.62. The van der Waals surface area contributed by atoms with Crippen LogP contribution in [0.3, 0.4) is 0 Å². The molecule has 7 heteroatoms. The van der Waals surface area contributed by atoms with Gasteiger partial charge in [0, 0.05) is 19.2 Å². The van der Waals surface area contributed by atoms with Gasteiger partial charge in [-0.15, -0.1) is 0 Å². The Labute approximate surface area is 92.3 Å². The topological polar surface area (TPSA) is 90.3 Å². The number of anilines is 2. The van der Waals surface area contributed by atoms with E-state index in [2.05, 4.69) is 20.6 Å². The van der Waals surface area contributed by atoms with Crippen LogP contribution in [0.4, 0.5) is 11.8 Å². The smallest absolute Gasteiger partial charge is 0.226 e. The monoisotopic (exact) mass is 232 g/mol. The van der Waals surface area contributed by atoms with Crippen molar-refractivity contribution in [3.05, 3.63) is 11.2 Å². The van der Waals surface area contributed by atoms with Crippen LogP contribution in [0.5, 0.6) is 0 Å². The van der Waals surface area contributed by atoms with Gasteiger partial charge in [-0.05, 0) is 0 Å². The molecule has 0 saturated heterocycles. The number of rotatable bonds is 6. The standard InChI is InChI=1S/C8H13ClN4O2/c9-6-5-7(10-1-3-14)13-8(12-6)11-2-4-15/h5,14-15H,1-4H2,(H2,10,11,12,13). The second kappa shape index (κ2) is 6.39. The van der Waals surface area contributed by atoms with E-state index >= 15 is 0 Å². The van der Waals surface area contributed by atoms with Crippen molar-refractivity contribution in [2.45, 2.75) is 0 Å². The lowest BCUT2D eigenvalue weighted by Gasteiger charge is -2.07. The number of aliphatic hydroxyl groups excluding tert-OH is 2. The van der Waals surface area contributed by atoms with Crippen molar-refractivity contribution in [2.75, 3.05) is 36.9 Å². The Morgan fingerprint density at radius 2 is 1.80 bits per heavy atom. The summed E-state index contributed by atoms with van der Waals surface area (Å²) in [6.45, 7) is 0.767. The van der Waals surface area contributed by atoms with Gasteiger partial charge >= 0.3 is 0 Å². The number of aliphatic hydroxyl groups is 2. The summed E-state index contributed by atoms with van der Waals surface area (Å²) in [6.07, 6.45) is 0. The van der Waals surface area contributed by atoms with E-state index in [1.807, 2.05) is 0 Å². The van der Waals surface area contributed by atoms with E-state index in [9.17, 15) is 0 Å². The number of hydrogen-bond acceptors (Lipinski definition) is 6. The van der Waals surface area contributed by atoms with Gasteiger partial charge in [-0.25, -0.2) is 4.98 Å². The molecule has 84 valence electrons. The molecule has 0 bridgehead atoms. The minimum atomic E-state index is -0.00469. The first-order valence-corrected chi connectivity index (χ1v) is 4.88. The summed E-state index contributed by atoms with van der Waals surface area (Å²) in [5.74, 6) is 0.876. The van der Waals surface area contributed by atoms with Crippen LogP contribution in [0.2, 0.25) is 5.15 Å². The molecule has 0 aliphatic carbocycles. The van der Waals surface area contributed by atoms with E-state index in [0.29, 0.717) is 30.0 Å². The summed E-state index contributed by atoms with van der Waals surface area (Å²) in [5.41, 5.74) is 0. The first-order valence-electron chi connectivity index (χ1n) is 4.50. The second-order valence-electron chi connectivity index (χ2n) is 2.70. The lowest BCUT2D eigenvalue weighted by atomic mass is 10.5. The third-order valence-electron chi connectivity index (χ3n) is 1.51. The zero-order valence-corrected chi connectivity index (χ0v) is 8.83. The quantitative estimate of drug-likeness (QED) is 0.514. The lowest BCUT2D eigenvalue weighted by molar-refractivity contribution is 0.311. The highest BCUT2D eigenvalue weighted by atomic mass is 35.5. The van der Waals surface area contributed by atoms with Crippen molar-refractivity contribution < 1.29 is 10.2 Å². The van der Waals surface area contributed by atoms with Crippen molar-refractivity contribution in [3.63, 3.8) is 0 Å². The van der Waals surface area contributed by atoms with Gasteiger partial charge in [0.2, 0.25) is 5.95 Å². The van der Waals surface area contributed by atoms with Crippen LogP contribution in [0.15, 0.2) is 6.07 Å². The molecule has 0 fully saturated rings. The zero-order chi connectivity index (χ0) is 11.1. The highest BCUT2D eigenvalue weighted by molar-refractivity contribution is 6.29. The summed E-state index contributed by atoms with van der Waals surface area (Å²) in [7, 11) is 0. The minimum absolute atomic E-state index is 0.00469. The third-order valence-corrected chi connectivity index (χ3v) is 1.70. The molecule has 6 nitrogen and oxygen atoms in total. The summed E-state index contributed by atoms with van der Waals surface area (Å²) in [6, 6.07) is 1.56. The molecule has 4 N–H and O–H groups in total. The molecule has 1 aromatic heterocycles. The Bertz CT molecular complexity index is 284. The molecule has 15 heavy (non-hydrogen) atoms. The predicted octanol–water partition coefficient (Wildman–Crippen LogP) is -0.0616. The number of nitrogens with one attached hydrogen (secondary N) is 2. The molecule has 1 heterocycles. The first-order chi connectivity index (χ1) is 7.26. The van der Waals surface area contributed by atoms with Crippen molar-refractivity contribution in [2.24, 2.45) is 0 Å². The lowest BCUT2D eigenvalue weighted by Crippen LogP contribution is -2.12. The number of halogens is 1. The maximum absolute atomic E-state index is 8.62. The van der Waals surface area contributed by atoms with E-state index < -0.39 is 0 Å². The fourth-order valence-corrected chi connectivity index (χ4v) is 1.12. The molecule has 0 amide bonds. The van der Waals surface area contributed by atoms with Gasteiger partial charge in [0.15, 0.2) is 0 Å². The Hall–Kier alpha value is -1.11. The van der Waals surface area contributed by atoms with Gasteiger partial charge in [-0.3, -0.25) is 0 Å². The van der Waals surface area contributed by atoms with E-state index in [-0.39, 0.29) is 13.2 Å².